The first-order valence-electron chi connectivity index (χ1n) is 5.46. The van der Waals surface area contributed by atoms with Crippen LogP contribution in [0.4, 0.5) is 5.69 Å². The molecule has 0 radical (unpaired) electrons. The van der Waals surface area contributed by atoms with Crippen molar-refractivity contribution in [3.8, 4) is 0 Å². The summed E-state index contributed by atoms with van der Waals surface area (Å²) < 4.78 is 5.12. The topological polar surface area (TPSA) is 59.6 Å². The van der Waals surface area contributed by atoms with E-state index in [2.05, 4.69) is 10.3 Å². The Morgan fingerprint density at radius 2 is 2.25 bits per heavy atom. The number of rotatable bonds is 4. The minimum absolute atomic E-state index is 0.432. The molecule has 0 amide bonds. The van der Waals surface area contributed by atoms with Crippen molar-refractivity contribution in [2.45, 2.75) is 25.5 Å². The van der Waals surface area contributed by atoms with Gasteiger partial charge in [-0.25, -0.2) is 4.99 Å². The molecule has 0 saturated heterocycles. The predicted octanol–water partition coefficient (Wildman–Crippen LogP) is 1.72. The zero-order valence-electron chi connectivity index (χ0n) is 9.44. The molecule has 1 aliphatic carbocycles. The third kappa shape index (κ3) is 2.97. The molecule has 1 aromatic carbocycles. The highest BCUT2D eigenvalue weighted by Gasteiger charge is 2.20. The lowest BCUT2D eigenvalue weighted by atomic mass is 10.2. The van der Waals surface area contributed by atoms with Crippen LogP contribution in [0, 0.1) is 0 Å². The quantitative estimate of drug-likeness (QED) is 0.599. The van der Waals surface area contributed by atoms with Gasteiger partial charge in [-0.15, -0.1) is 0 Å². The second-order valence-corrected chi connectivity index (χ2v) is 3.96. The van der Waals surface area contributed by atoms with Gasteiger partial charge < -0.3 is 15.8 Å². The molecule has 0 aromatic heterocycles. The Bertz CT molecular complexity index is 386. The standard InChI is InChI=1S/C12H17N3O/c1-16-8-9-4-2-3-5-11(9)15-12(13)14-10-6-7-10/h2-5,10H,6-8H2,1H3,(H3,13,14,15). The Morgan fingerprint density at radius 1 is 1.50 bits per heavy atom. The van der Waals surface area contributed by atoms with Crippen molar-refractivity contribution in [2.24, 2.45) is 10.7 Å². The maximum Gasteiger partial charge on any atom is 0.193 e. The summed E-state index contributed by atoms with van der Waals surface area (Å²) in [5, 5.41) is 3.11. The zero-order valence-corrected chi connectivity index (χ0v) is 9.44. The summed E-state index contributed by atoms with van der Waals surface area (Å²) in [5.74, 6) is 0.492. The fraction of sp³-hybridized carbons (Fsp3) is 0.417. The van der Waals surface area contributed by atoms with Crippen molar-refractivity contribution >= 4 is 11.6 Å². The maximum atomic E-state index is 5.81. The fourth-order valence-electron chi connectivity index (χ4n) is 1.49. The van der Waals surface area contributed by atoms with Gasteiger partial charge in [0.25, 0.3) is 0 Å². The molecule has 16 heavy (non-hydrogen) atoms. The van der Waals surface area contributed by atoms with Crippen molar-refractivity contribution in [1.29, 1.82) is 0 Å². The number of nitrogens with zero attached hydrogens (tertiary/aromatic N) is 1. The van der Waals surface area contributed by atoms with Crippen molar-refractivity contribution in [3.63, 3.8) is 0 Å². The fourth-order valence-corrected chi connectivity index (χ4v) is 1.49. The number of hydrogen-bond acceptors (Lipinski definition) is 2. The predicted molar refractivity (Wildman–Crippen MR) is 65.4 cm³/mol. The molecule has 4 heteroatoms. The Balaban J connectivity index is 2.06. The van der Waals surface area contributed by atoms with Gasteiger partial charge >= 0.3 is 0 Å². The van der Waals surface area contributed by atoms with Crippen LogP contribution in [0.15, 0.2) is 29.3 Å². The van der Waals surface area contributed by atoms with Crippen LogP contribution in [0.2, 0.25) is 0 Å². The summed E-state index contributed by atoms with van der Waals surface area (Å²) in [6, 6.07) is 8.36. The number of para-hydroxylation sites is 1. The molecule has 1 saturated carbocycles. The van der Waals surface area contributed by atoms with E-state index in [1.807, 2.05) is 24.3 Å². The molecule has 1 aliphatic rings. The molecule has 0 heterocycles. The number of nitrogens with one attached hydrogen (secondary N) is 1. The van der Waals surface area contributed by atoms with E-state index < -0.39 is 0 Å². The van der Waals surface area contributed by atoms with Gasteiger partial charge in [-0.3, -0.25) is 0 Å². The molecule has 0 bridgehead atoms. The summed E-state index contributed by atoms with van der Waals surface area (Å²) in [7, 11) is 1.68. The molecule has 0 aliphatic heterocycles. The van der Waals surface area contributed by atoms with Gasteiger partial charge in [0.2, 0.25) is 0 Å². The van der Waals surface area contributed by atoms with Gasteiger partial charge in [-0.05, 0) is 18.9 Å². The summed E-state index contributed by atoms with van der Waals surface area (Å²) >= 11 is 0. The lowest BCUT2D eigenvalue weighted by Crippen LogP contribution is -2.23. The van der Waals surface area contributed by atoms with Crippen LogP contribution in [0.3, 0.4) is 0 Å². The first kappa shape index (κ1) is 11.0. The molecular weight excluding hydrogens is 202 g/mol. The first-order valence-corrected chi connectivity index (χ1v) is 5.46. The van der Waals surface area contributed by atoms with E-state index >= 15 is 0 Å². The van der Waals surface area contributed by atoms with Gasteiger partial charge in [-0.2, -0.15) is 0 Å². The lowest BCUT2D eigenvalue weighted by molar-refractivity contribution is 0.185. The summed E-state index contributed by atoms with van der Waals surface area (Å²) in [6.45, 7) is 0.569. The van der Waals surface area contributed by atoms with Crippen LogP contribution in [-0.2, 0) is 11.3 Å². The molecule has 1 fully saturated rings. The summed E-state index contributed by atoms with van der Waals surface area (Å²) in [4.78, 5) is 4.33. The Labute approximate surface area is 95.5 Å². The molecule has 0 unspecified atom stereocenters. The number of methoxy groups -OCH3 is 1. The molecule has 4 nitrogen and oxygen atoms in total. The normalized spacial score (nSPS) is 16.2. The minimum Gasteiger partial charge on any atom is -0.380 e. The minimum atomic E-state index is 0.432. The first-order chi connectivity index (χ1) is 7.79. The van der Waals surface area contributed by atoms with Crippen LogP contribution in [0.1, 0.15) is 18.4 Å². The number of anilines is 1. The Kier molecular flexibility index (Phi) is 3.41. The highest BCUT2D eigenvalue weighted by Crippen LogP contribution is 2.23. The van der Waals surface area contributed by atoms with Gasteiger partial charge in [-0.1, -0.05) is 18.2 Å². The van der Waals surface area contributed by atoms with Crippen LogP contribution >= 0.6 is 0 Å². The van der Waals surface area contributed by atoms with E-state index in [1.165, 1.54) is 0 Å². The second-order valence-electron chi connectivity index (χ2n) is 3.96. The number of aliphatic imine (C=N–C) groups is 1. The average Bonchev–Trinajstić information content (AvgIpc) is 3.05. The second kappa shape index (κ2) is 4.99. The highest BCUT2D eigenvalue weighted by atomic mass is 16.5. The molecule has 1 aromatic rings. The van der Waals surface area contributed by atoms with Crippen molar-refractivity contribution < 1.29 is 4.74 Å². The van der Waals surface area contributed by atoms with E-state index in [0.717, 1.165) is 24.1 Å². The lowest BCUT2D eigenvalue weighted by Gasteiger charge is -2.10. The van der Waals surface area contributed by atoms with Gasteiger partial charge in [0, 0.05) is 18.4 Å². The zero-order chi connectivity index (χ0) is 11.4. The number of nitrogens with two attached hydrogens (primary N) is 1. The number of hydrogen-bond donors (Lipinski definition) is 2. The average molecular weight is 219 g/mol. The van der Waals surface area contributed by atoms with Gasteiger partial charge in [0.15, 0.2) is 5.96 Å². The third-order valence-corrected chi connectivity index (χ3v) is 2.45. The molecule has 0 atom stereocenters. The number of guanidine groups is 1. The summed E-state index contributed by atoms with van der Waals surface area (Å²) in [5.41, 5.74) is 7.86. The number of benzene rings is 1. The third-order valence-electron chi connectivity index (χ3n) is 2.45. The van der Waals surface area contributed by atoms with Crippen LogP contribution in [-0.4, -0.2) is 19.1 Å². The molecule has 0 spiro atoms. The number of ether oxygens (including phenoxy) is 1. The summed E-state index contributed by atoms with van der Waals surface area (Å²) in [6.07, 6.45) is 2.31. The van der Waals surface area contributed by atoms with Gasteiger partial charge in [0.1, 0.15) is 0 Å². The monoisotopic (exact) mass is 219 g/mol. The molecule has 3 N–H and O–H groups in total. The van der Waals surface area contributed by atoms with Crippen molar-refractivity contribution in [3.05, 3.63) is 29.8 Å². The smallest absolute Gasteiger partial charge is 0.193 e. The van der Waals surface area contributed by atoms with E-state index in [4.69, 9.17) is 10.5 Å². The Morgan fingerprint density at radius 3 is 2.94 bits per heavy atom. The van der Waals surface area contributed by atoms with Gasteiger partial charge in [0.05, 0.1) is 12.6 Å². The maximum absolute atomic E-state index is 5.81. The van der Waals surface area contributed by atoms with E-state index in [0.29, 0.717) is 18.6 Å². The molecule has 86 valence electrons. The van der Waals surface area contributed by atoms with Crippen molar-refractivity contribution in [2.75, 3.05) is 12.4 Å². The highest BCUT2D eigenvalue weighted by molar-refractivity contribution is 5.93. The molecule has 2 rings (SSSR count). The van der Waals surface area contributed by atoms with E-state index in [-0.39, 0.29) is 0 Å². The van der Waals surface area contributed by atoms with Crippen molar-refractivity contribution in [1.82, 2.24) is 0 Å². The largest absolute Gasteiger partial charge is 0.380 e. The van der Waals surface area contributed by atoms with E-state index in [1.54, 1.807) is 7.11 Å². The Hall–Kier alpha value is -1.55. The van der Waals surface area contributed by atoms with E-state index in [9.17, 15) is 0 Å². The van der Waals surface area contributed by atoms with Crippen LogP contribution in [0.5, 0.6) is 0 Å². The SMILES string of the molecule is COCc1ccccc1NC(N)=NC1CC1. The molecular formula is C12H17N3O. The van der Waals surface area contributed by atoms with Crippen LogP contribution < -0.4 is 11.1 Å². The van der Waals surface area contributed by atoms with Crippen LogP contribution in [0.25, 0.3) is 0 Å².